The number of carbonyl (C=O) groups excluding carboxylic acids is 10. The van der Waals surface area contributed by atoms with E-state index in [1.54, 1.807) is 50.6 Å². The average Bonchev–Trinajstić information content (AvgIpc) is 1.67. The molecule has 0 bridgehead atoms. The first-order valence-corrected chi connectivity index (χ1v) is 42.1. The van der Waals surface area contributed by atoms with E-state index >= 15 is 0 Å². The second-order valence-corrected chi connectivity index (χ2v) is 29.8. The molecule has 10 aromatic rings. The Bertz CT molecular complexity index is 5790. The third-order valence-electron chi connectivity index (χ3n) is 17.8. The van der Waals surface area contributed by atoms with E-state index < -0.39 is 35.8 Å². The van der Waals surface area contributed by atoms with Crippen LogP contribution in [0.2, 0.25) is 40.2 Å². The first-order chi connectivity index (χ1) is 64.6. The summed E-state index contributed by atoms with van der Waals surface area (Å²) in [4.78, 5) is 121. The van der Waals surface area contributed by atoms with Gasteiger partial charge in [0.05, 0.1) is 225 Å². The number of benzene rings is 8. The lowest BCUT2D eigenvalue weighted by Gasteiger charge is -2.11. The third kappa shape index (κ3) is 38.6. The van der Waals surface area contributed by atoms with Crippen LogP contribution in [0.1, 0.15) is 125 Å². The van der Waals surface area contributed by atoms with Gasteiger partial charge in [-0.1, -0.05) is 108 Å². The van der Waals surface area contributed by atoms with Crippen LogP contribution in [0, 0.1) is 0 Å². The number of phenolic OH excluding ortho intramolecular Hbond substituents is 5. The Balaban J connectivity index is 0.000000399. The standard InChI is InChI=1S/C13H15ClO5.C12H14ClNO5.C12H12ClNO4.2C12H13ClO5.C11H10ClNO4.C8H9ClO2.C6H5ClO2.C4H4O3/c1-17-11-7-12(18-2)9(14)6-8(11)10(15)4-5-13(16)19-3;1-18-11-6-10(15)7(5-8(11)13)9(14-17)3-4-12(16)19-2;1-16-11-6-10-7(5-8(11)13)9(14-18-10)3-4-12(15)17-2;1-17-10-6-11(18-2)8(13)5-7(10)9(14)3-4-12(15)16;1-17-11-6-10(15)7(5-8(11)13)9(14)3-4-12(16)18-2;1-16-11(15)3-2-8-6-4-7(12)9(14)5-10(6)17-13-8;1-10-6-3-4-7(9)8(5-6)11-2;7-5-2-1-4(8)3-6(5)9;5-3-1-2-4(6)7-3/h6-7H,4-5H2,1-3H3;5-6,15,17H,3-4H2,1-2H3;5-6H,3-4H2,1-2H3;5-6H,3-4H2,1-2H3,(H,15,16);5-6,15H,3-4H2,1-2H3;4-5,14H,2-3H2,1H3;3-5H,1-2H3;1-3,8-9H;1-2H2/b;14-9+;;;;;;;. The molecule has 38 nitrogen and oxygen atoms in total. The predicted octanol–water partition coefficient (Wildman–Crippen LogP) is 18.1. The van der Waals surface area contributed by atoms with Crippen molar-refractivity contribution in [1.29, 1.82) is 0 Å². The molecule has 8 aromatic carbocycles. The summed E-state index contributed by atoms with van der Waals surface area (Å²) < 4.78 is 81.9. The number of ketones is 3. The summed E-state index contributed by atoms with van der Waals surface area (Å²) in [5, 5.41) is 78.8. The van der Waals surface area contributed by atoms with Gasteiger partial charge >= 0.3 is 47.8 Å². The Hall–Kier alpha value is -13.3. The molecule has 0 amide bonds. The molecule has 0 unspecified atom stereocenters. The van der Waals surface area contributed by atoms with Gasteiger partial charge in [0.1, 0.15) is 80.5 Å². The number of methoxy groups -OCH3 is 14. The molecule has 0 aliphatic carbocycles. The topological polar surface area (TPSA) is 532 Å². The minimum absolute atomic E-state index is 0.0110. The van der Waals surface area contributed by atoms with Crippen molar-refractivity contribution in [2.45, 2.75) is 89.9 Å². The van der Waals surface area contributed by atoms with Crippen molar-refractivity contribution in [2.75, 3.05) is 99.5 Å². The smallest absolute Gasteiger partial charge is 0.314 e. The van der Waals surface area contributed by atoms with Crippen molar-refractivity contribution in [2.24, 2.45) is 5.16 Å². The van der Waals surface area contributed by atoms with Gasteiger partial charge in [0.2, 0.25) is 0 Å². The molecule has 0 saturated carbocycles. The van der Waals surface area contributed by atoms with Gasteiger partial charge in [0, 0.05) is 103 Å². The number of carboxylic acids is 1. The van der Waals surface area contributed by atoms with Gasteiger partial charge in [-0.15, -0.1) is 0 Å². The number of ether oxygens (including phenoxy) is 15. The third-order valence-corrected chi connectivity index (χ3v) is 20.2. The Kier molecular flexibility index (Phi) is 52.2. The highest BCUT2D eigenvalue weighted by molar-refractivity contribution is 6.35. The van der Waals surface area contributed by atoms with E-state index in [0.717, 1.165) is 11.1 Å². The molecule has 136 heavy (non-hydrogen) atoms. The number of aryl methyl sites for hydroxylation is 2. The van der Waals surface area contributed by atoms with Gasteiger partial charge in [-0.25, -0.2) is 0 Å². The summed E-state index contributed by atoms with van der Waals surface area (Å²) >= 11 is 46.7. The van der Waals surface area contributed by atoms with Crippen LogP contribution in [0.3, 0.4) is 0 Å². The molecule has 3 heterocycles. The number of nitrogens with zero attached hydrogens (tertiary/aromatic N) is 3. The fourth-order valence-corrected chi connectivity index (χ4v) is 12.4. The second kappa shape index (κ2) is 60.8. The van der Waals surface area contributed by atoms with Crippen LogP contribution in [-0.4, -0.2) is 217 Å². The molecule has 1 aliphatic rings. The van der Waals surface area contributed by atoms with Crippen molar-refractivity contribution in [3.63, 3.8) is 0 Å². The Morgan fingerprint density at radius 3 is 1.05 bits per heavy atom. The highest BCUT2D eigenvalue weighted by atomic mass is 35.5. The maximum Gasteiger partial charge on any atom is 0.314 e. The molecule has 0 atom stereocenters. The summed E-state index contributed by atoms with van der Waals surface area (Å²) in [6.07, 6.45) is 1.60. The van der Waals surface area contributed by atoms with E-state index in [9.17, 15) is 68.1 Å². The first kappa shape index (κ1) is 117. The maximum atomic E-state index is 12.0. The summed E-state index contributed by atoms with van der Waals surface area (Å²) in [6, 6.07) is 26.8. The number of phenols is 5. The van der Waals surface area contributed by atoms with Crippen molar-refractivity contribution >= 4 is 186 Å². The molecule has 1 aliphatic heterocycles. The summed E-state index contributed by atoms with van der Waals surface area (Å²) in [7, 11) is 19.8. The van der Waals surface area contributed by atoms with E-state index in [2.05, 4.69) is 43.9 Å². The number of halogens is 8. The quantitative estimate of drug-likeness (QED) is 0.00403. The Labute approximate surface area is 817 Å². The van der Waals surface area contributed by atoms with Crippen molar-refractivity contribution in [1.82, 2.24) is 10.3 Å². The fourth-order valence-electron chi connectivity index (χ4n) is 10.7. The van der Waals surface area contributed by atoms with E-state index in [-0.39, 0.29) is 188 Å². The van der Waals surface area contributed by atoms with Crippen LogP contribution in [0.4, 0.5) is 0 Å². The van der Waals surface area contributed by atoms with Crippen LogP contribution in [0.15, 0.2) is 123 Å². The molecule has 7 N–H and O–H groups in total. The normalized spacial score (nSPS) is 10.7. The van der Waals surface area contributed by atoms with E-state index in [0.29, 0.717) is 102 Å². The van der Waals surface area contributed by atoms with Gasteiger partial charge < -0.3 is 116 Å². The fraction of sp³-hybridized carbons (Fsp3) is 0.311. The van der Waals surface area contributed by atoms with E-state index in [4.69, 9.17) is 165 Å². The number of aromatic hydroxyl groups is 5. The molecule has 46 heteroatoms. The molecule has 1 fully saturated rings. The number of oxime groups is 1. The lowest BCUT2D eigenvalue weighted by molar-refractivity contribution is -0.152. The van der Waals surface area contributed by atoms with Gasteiger partial charge in [-0.2, -0.15) is 0 Å². The van der Waals surface area contributed by atoms with Crippen molar-refractivity contribution < 1.29 is 169 Å². The van der Waals surface area contributed by atoms with Gasteiger partial charge in [-0.05, 0) is 60.7 Å². The molecule has 736 valence electrons. The molecule has 0 radical (unpaired) electrons. The zero-order valence-corrected chi connectivity index (χ0v) is 81.3. The first-order valence-electron chi connectivity index (χ1n) is 39.1. The number of hydrogen-bond acceptors (Lipinski definition) is 37. The van der Waals surface area contributed by atoms with Crippen molar-refractivity contribution in [3.8, 4) is 80.5 Å². The number of rotatable bonds is 31. The van der Waals surface area contributed by atoms with E-state index in [1.807, 2.05) is 0 Å². The molecular weight excluding hydrogens is 1970 g/mol. The minimum Gasteiger partial charge on any atom is -0.508 e. The number of carbonyl (C=O) groups is 11. The summed E-state index contributed by atoms with van der Waals surface area (Å²) in [5.74, 6) is -1.33. The lowest BCUT2D eigenvalue weighted by atomic mass is 10.0. The van der Waals surface area contributed by atoms with E-state index in [1.165, 1.54) is 158 Å². The molecule has 2 aromatic heterocycles. The van der Waals surface area contributed by atoms with Gasteiger partial charge in [0.15, 0.2) is 28.5 Å². The SMILES string of the molecule is COC(=O)CC/C(=N\O)c1cc(Cl)c(OC)cc1O.COC(=O)CCC(=O)c1cc(Cl)c(OC)cc1O.COC(=O)CCC(=O)c1cc(Cl)c(OC)cc1OC.COC(=O)CCc1noc2cc(O)c(Cl)cc12.COC(=O)CCc1noc2cc(OC)c(Cl)cc12.COc1cc(OC)c(C(=O)CCC(=O)O)cc1Cl.COc1ccc(Cl)c(OC)c1.O=C1CCC(=O)O1.Oc1ccc(Cl)c(O)c1. The zero-order valence-electron chi connectivity index (χ0n) is 75.2. The zero-order chi connectivity index (χ0) is 102. The highest BCUT2D eigenvalue weighted by Gasteiger charge is 2.24. The monoisotopic (exact) mass is 2060 g/mol. The number of esters is 7. The maximum absolute atomic E-state index is 12.0. The van der Waals surface area contributed by atoms with Crippen molar-refractivity contribution in [3.05, 3.63) is 183 Å². The Morgan fingerprint density at radius 2 is 0.669 bits per heavy atom. The molecule has 0 spiro atoms. The number of aliphatic carboxylic acids is 1. The molecule has 11 rings (SSSR count). The predicted molar refractivity (Wildman–Crippen MR) is 497 cm³/mol. The van der Waals surface area contributed by atoms with Crippen LogP contribution in [0.25, 0.3) is 21.9 Å². The number of cyclic esters (lactones) is 2. The number of aromatic nitrogens is 2. The van der Waals surface area contributed by atoms with Gasteiger partial charge in [0.25, 0.3) is 0 Å². The van der Waals surface area contributed by atoms with Crippen LogP contribution in [-0.2, 0) is 79.6 Å². The van der Waals surface area contributed by atoms with Crippen LogP contribution < -0.4 is 42.6 Å². The second-order valence-electron chi connectivity index (χ2n) is 26.5. The molecular formula is C90H95Cl8N3O35. The van der Waals surface area contributed by atoms with Crippen LogP contribution >= 0.6 is 92.8 Å². The summed E-state index contributed by atoms with van der Waals surface area (Å²) in [6.45, 7) is 0. The average molecular weight is 2060 g/mol. The summed E-state index contributed by atoms with van der Waals surface area (Å²) in [5.41, 5.74) is 3.31. The number of fused-ring (bicyclic) bond motifs is 2. The lowest BCUT2D eigenvalue weighted by Crippen LogP contribution is -2.07. The Morgan fingerprint density at radius 1 is 0.331 bits per heavy atom. The number of hydrogen-bond donors (Lipinski definition) is 7. The largest absolute Gasteiger partial charge is 0.508 e. The number of carboxylic acid groups (broad SMARTS) is 1. The minimum atomic E-state index is -1.03. The highest BCUT2D eigenvalue weighted by Crippen LogP contribution is 2.40. The van der Waals surface area contributed by atoms with Crippen LogP contribution in [0.5, 0.6) is 80.5 Å². The molecule has 1 saturated heterocycles. The van der Waals surface area contributed by atoms with Gasteiger partial charge in [-0.3, -0.25) is 52.7 Å². The number of Topliss-reactive ketones (excluding diaryl/α,β-unsaturated/α-hetero) is 3.